The zero-order valence-electron chi connectivity index (χ0n) is 18.6. The van der Waals surface area contributed by atoms with Gasteiger partial charge in [-0.25, -0.2) is 4.98 Å². The number of carbonyl (C=O) groups excluding carboxylic acids is 1. The molecule has 9 heteroatoms. The second-order valence-corrected chi connectivity index (χ2v) is 10.0. The van der Waals surface area contributed by atoms with Crippen LogP contribution in [0, 0.1) is 17.2 Å². The van der Waals surface area contributed by atoms with E-state index in [9.17, 15) is 10.1 Å². The maximum absolute atomic E-state index is 12.0. The molecule has 0 spiro atoms. The van der Waals surface area contributed by atoms with Crippen LogP contribution in [0.25, 0.3) is 11.3 Å². The van der Waals surface area contributed by atoms with Crippen molar-refractivity contribution in [3.05, 3.63) is 62.4 Å². The molecule has 0 N–H and O–H groups in total. The van der Waals surface area contributed by atoms with E-state index in [-0.39, 0.29) is 18.5 Å². The number of carbonyl (C=O) groups is 1. The Morgan fingerprint density at radius 1 is 1.32 bits per heavy atom. The first-order chi connectivity index (χ1) is 16.5. The van der Waals surface area contributed by atoms with E-state index in [1.807, 2.05) is 36.6 Å². The van der Waals surface area contributed by atoms with Gasteiger partial charge in [0.05, 0.1) is 34.9 Å². The van der Waals surface area contributed by atoms with Crippen LogP contribution >= 0.6 is 38.9 Å². The van der Waals surface area contributed by atoms with Gasteiger partial charge in [-0.1, -0.05) is 39.7 Å². The lowest BCUT2D eigenvalue weighted by molar-refractivity contribution is -0.148. The number of esters is 1. The maximum atomic E-state index is 12.0. The van der Waals surface area contributed by atoms with Crippen LogP contribution in [0.1, 0.15) is 30.9 Å². The van der Waals surface area contributed by atoms with E-state index in [1.54, 1.807) is 23.5 Å². The number of hydrogen-bond acceptors (Lipinski definition) is 7. The lowest BCUT2D eigenvalue weighted by Gasteiger charge is -2.30. The minimum absolute atomic E-state index is 0.0412. The quantitative estimate of drug-likeness (QED) is 0.309. The monoisotopic (exact) mass is 559 g/mol. The van der Waals surface area contributed by atoms with Crippen molar-refractivity contribution >= 4 is 50.0 Å². The number of nitriles is 1. The fraction of sp³-hybridized carbons (Fsp3) is 0.320. The summed E-state index contributed by atoms with van der Waals surface area (Å²) in [5.74, 6) is 0.391. The Kier molecular flexibility index (Phi) is 8.09. The highest BCUT2D eigenvalue weighted by Crippen LogP contribution is 2.39. The molecule has 0 radical (unpaired) electrons. The van der Waals surface area contributed by atoms with Gasteiger partial charge in [-0.05, 0) is 44.0 Å². The van der Waals surface area contributed by atoms with Gasteiger partial charge in [0, 0.05) is 34.1 Å². The minimum Gasteiger partial charge on any atom is -0.487 e. The second-order valence-electron chi connectivity index (χ2n) is 7.85. The molecule has 0 unspecified atom stereocenters. The summed E-state index contributed by atoms with van der Waals surface area (Å²) in [7, 11) is 0. The van der Waals surface area contributed by atoms with Gasteiger partial charge in [-0.3, -0.25) is 4.79 Å². The van der Waals surface area contributed by atoms with Crippen molar-refractivity contribution in [1.82, 2.24) is 4.98 Å². The van der Waals surface area contributed by atoms with Crippen LogP contribution in [-0.4, -0.2) is 30.6 Å². The van der Waals surface area contributed by atoms with Gasteiger partial charge in [0.15, 0.2) is 5.13 Å². The third kappa shape index (κ3) is 5.54. The Labute approximate surface area is 216 Å². The molecule has 34 heavy (non-hydrogen) atoms. The SMILES string of the molecule is CCOC(=O)C1CCN(c2nc(-c3cccc(Cl)c3OCc3ccc(Br)cc3C#N)cs2)CC1. The van der Waals surface area contributed by atoms with Gasteiger partial charge in [-0.15, -0.1) is 11.3 Å². The summed E-state index contributed by atoms with van der Waals surface area (Å²) in [6, 6.07) is 13.3. The van der Waals surface area contributed by atoms with E-state index in [2.05, 4.69) is 26.9 Å². The number of para-hydroxylation sites is 1. The summed E-state index contributed by atoms with van der Waals surface area (Å²) in [6.07, 6.45) is 1.52. The predicted molar refractivity (Wildman–Crippen MR) is 137 cm³/mol. The third-order valence-electron chi connectivity index (χ3n) is 5.68. The summed E-state index contributed by atoms with van der Waals surface area (Å²) in [4.78, 5) is 19.1. The third-order valence-corrected chi connectivity index (χ3v) is 7.38. The van der Waals surface area contributed by atoms with Crippen molar-refractivity contribution in [1.29, 1.82) is 5.26 Å². The van der Waals surface area contributed by atoms with E-state index in [0.717, 1.165) is 52.4 Å². The Morgan fingerprint density at radius 3 is 2.85 bits per heavy atom. The molecule has 6 nitrogen and oxygen atoms in total. The zero-order valence-corrected chi connectivity index (χ0v) is 21.8. The highest BCUT2D eigenvalue weighted by atomic mass is 79.9. The van der Waals surface area contributed by atoms with Crippen molar-refractivity contribution in [3.8, 4) is 23.1 Å². The van der Waals surface area contributed by atoms with E-state index >= 15 is 0 Å². The van der Waals surface area contributed by atoms with Gasteiger partial charge in [0.2, 0.25) is 0 Å². The smallest absolute Gasteiger partial charge is 0.309 e. The highest BCUT2D eigenvalue weighted by molar-refractivity contribution is 9.10. The standard InChI is InChI=1S/C25H23BrClN3O3S/c1-2-32-24(31)16-8-10-30(11-9-16)25-29-22(15-34-25)20-4-3-5-21(27)23(20)33-14-17-6-7-19(26)12-18(17)13-28/h3-7,12,15-16H,2,8-11,14H2,1H3. The number of anilines is 1. The molecular formula is C25H23BrClN3O3S. The summed E-state index contributed by atoms with van der Waals surface area (Å²) >= 11 is 11.4. The minimum atomic E-state index is -0.104. The lowest BCUT2D eigenvalue weighted by Crippen LogP contribution is -2.36. The summed E-state index contributed by atoms with van der Waals surface area (Å²) in [6.45, 7) is 3.98. The predicted octanol–water partition coefficient (Wildman–Crippen LogP) is 6.46. The first kappa shape index (κ1) is 24.5. The molecule has 0 atom stereocenters. The number of aromatic nitrogens is 1. The van der Waals surface area contributed by atoms with Crippen LogP contribution in [0.2, 0.25) is 5.02 Å². The van der Waals surface area contributed by atoms with Crippen LogP contribution < -0.4 is 9.64 Å². The molecular weight excluding hydrogens is 538 g/mol. The van der Waals surface area contributed by atoms with E-state index in [4.69, 9.17) is 26.1 Å². The van der Waals surface area contributed by atoms with Crippen LogP contribution in [0.5, 0.6) is 5.75 Å². The summed E-state index contributed by atoms with van der Waals surface area (Å²) in [5, 5.41) is 12.8. The molecule has 1 saturated heterocycles. The Hall–Kier alpha value is -2.60. The molecule has 2 heterocycles. The van der Waals surface area contributed by atoms with Gasteiger partial charge >= 0.3 is 5.97 Å². The first-order valence-electron chi connectivity index (χ1n) is 11.0. The Bertz CT molecular complexity index is 1220. The van der Waals surface area contributed by atoms with Crippen molar-refractivity contribution in [2.45, 2.75) is 26.4 Å². The number of halogens is 2. The summed E-state index contributed by atoms with van der Waals surface area (Å²) in [5.41, 5.74) is 2.90. The molecule has 0 saturated carbocycles. The second kappa shape index (κ2) is 11.2. The number of nitrogens with zero attached hydrogens (tertiary/aromatic N) is 3. The molecule has 0 amide bonds. The topological polar surface area (TPSA) is 75.4 Å². The average molecular weight is 561 g/mol. The Morgan fingerprint density at radius 2 is 2.12 bits per heavy atom. The number of thiazole rings is 1. The molecule has 2 aromatic carbocycles. The number of rotatable bonds is 7. The van der Waals surface area contributed by atoms with Crippen LogP contribution in [0.3, 0.4) is 0 Å². The Balaban J connectivity index is 1.49. The van der Waals surface area contributed by atoms with Crippen molar-refractivity contribution in [2.24, 2.45) is 5.92 Å². The van der Waals surface area contributed by atoms with Gasteiger partial charge < -0.3 is 14.4 Å². The largest absolute Gasteiger partial charge is 0.487 e. The fourth-order valence-corrected chi connectivity index (χ4v) is 5.36. The van der Waals surface area contributed by atoms with Crippen molar-refractivity contribution < 1.29 is 14.3 Å². The first-order valence-corrected chi connectivity index (χ1v) is 13.0. The normalized spacial score (nSPS) is 14.0. The lowest BCUT2D eigenvalue weighted by atomic mass is 9.97. The summed E-state index contributed by atoms with van der Waals surface area (Å²) < 4.78 is 12.1. The van der Waals surface area contributed by atoms with Gasteiger partial charge in [0.25, 0.3) is 0 Å². The van der Waals surface area contributed by atoms with E-state index < -0.39 is 0 Å². The molecule has 176 valence electrons. The average Bonchev–Trinajstić information content (AvgIpc) is 3.34. The van der Waals surface area contributed by atoms with Crippen molar-refractivity contribution in [3.63, 3.8) is 0 Å². The number of piperidine rings is 1. The highest BCUT2D eigenvalue weighted by Gasteiger charge is 2.27. The van der Waals surface area contributed by atoms with Crippen LogP contribution in [0.4, 0.5) is 5.13 Å². The molecule has 4 rings (SSSR count). The number of ether oxygens (including phenoxy) is 2. The molecule has 1 aliphatic rings. The van der Waals surface area contributed by atoms with Gasteiger partial charge in [0.1, 0.15) is 12.4 Å². The number of hydrogen-bond donors (Lipinski definition) is 0. The molecule has 1 aromatic heterocycles. The van der Waals surface area contributed by atoms with Crippen molar-refractivity contribution in [2.75, 3.05) is 24.6 Å². The van der Waals surface area contributed by atoms with Gasteiger partial charge in [-0.2, -0.15) is 5.26 Å². The molecule has 1 aliphatic heterocycles. The van der Waals surface area contributed by atoms with E-state index in [0.29, 0.717) is 22.9 Å². The zero-order chi connectivity index (χ0) is 24.1. The fourth-order valence-electron chi connectivity index (χ4n) is 3.89. The molecule has 0 aliphatic carbocycles. The molecule has 0 bridgehead atoms. The van der Waals surface area contributed by atoms with E-state index in [1.165, 1.54) is 0 Å². The molecule has 3 aromatic rings. The number of benzene rings is 2. The molecule has 1 fully saturated rings. The maximum Gasteiger partial charge on any atom is 0.309 e. The van der Waals surface area contributed by atoms with Crippen LogP contribution in [0.15, 0.2) is 46.3 Å². The van der Waals surface area contributed by atoms with Crippen LogP contribution in [-0.2, 0) is 16.1 Å².